The summed E-state index contributed by atoms with van der Waals surface area (Å²) in [5, 5.41) is 8.02. The molecule has 0 atom stereocenters. The highest BCUT2D eigenvalue weighted by Crippen LogP contribution is 2.25. The minimum Gasteiger partial charge on any atom is -0.467 e. The SMILES string of the molecule is O=C1Cc2cc(C3=NNC(=NCc4ccco4)SC3)ccc2N1. The minimum atomic E-state index is 0.0441. The van der Waals surface area contributed by atoms with E-state index in [0.717, 1.165) is 39.2 Å². The largest absolute Gasteiger partial charge is 0.467 e. The van der Waals surface area contributed by atoms with Gasteiger partial charge in [0, 0.05) is 11.4 Å². The van der Waals surface area contributed by atoms with Gasteiger partial charge in [-0.3, -0.25) is 15.2 Å². The van der Waals surface area contributed by atoms with E-state index in [9.17, 15) is 4.79 Å². The second-order valence-electron chi connectivity index (χ2n) is 5.26. The third-order valence-electron chi connectivity index (χ3n) is 3.65. The number of carbonyl (C=O) groups is 1. The molecule has 0 saturated heterocycles. The van der Waals surface area contributed by atoms with Gasteiger partial charge in [0.1, 0.15) is 5.76 Å². The number of anilines is 1. The van der Waals surface area contributed by atoms with Crippen molar-refractivity contribution in [2.45, 2.75) is 13.0 Å². The molecule has 0 bridgehead atoms. The number of carbonyl (C=O) groups excluding carboxylic acids is 1. The van der Waals surface area contributed by atoms with E-state index in [2.05, 4.69) is 20.8 Å². The number of hydrazone groups is 1. The second kappa shape index (κ2) is 5.92. The van der Waals surface area contributed by atoms with Gasteiger partial charge in [-0.1, -0.05) is 17.8 Å². The summed E-state index contributed by atoms with van der Waals surface area (Å²) in [6.45, 7) is 0.500. The van der Waals surface area contributed by atoms with Crippen LogP contribution < -0.4 is 10.7 Å². The fraction of sp³-hybridized carbons (Fsp3) is 0.188. The smallest absolute Gasteiger partial charge is 0.228 e. The first-order valence-corrected chi connectivity index (χ1v) is 8.22. The molecule has 2 aliphatic rings. The Balaban J connectivity index is 1.46. The maximum atomic E-state index is 11.4. The van der Waals surface area contributed by atoms with Crippen molar-refractivity contribution in [1.82, 2.24) is 5.43 Å². The van der Waals surface area contributed by atoms with Crippen molar-refractivity contribution in [3.05, 3.63) is 53.5 Å². The van der Waals surface area contributed by atoms with Crippen LogP contribution in [0.25, 0.3) is 0 Å². The summed E-state index contributed by atoms with van der Waals surface area (Å²) in [4.78, 5) is 15.9. The van der Waals surface area contributed by atoms with E-state index < -0.39 is 0 Å². The summed E-state index contributed by atoms with van der Waals surface area (Å²) in [5.41, 5.74) is 6.89. The Morgan fingerprint density at radius 2 is 2.30 bits per heavy atom. The monoisotopic (exact) mass is 326 g/mol. The molecule has 0 spiro atoms. The van der Waals surface area contributed by atoms with Crippen LogP contribution in [0.1, 0.15) is 16.9 Å². The van der Waals surface area contributed by atoms with E-state index in [1.54, 1.807) is 18.0 Å². The maximum Gasteiger partial charge on any atom is 0.228 e. The van der Waals surface area contributed by atoms with Crippen LogP contribution in [0.3, 0.4) is 0 Å². The first kappa shape index (κ1) is 14.1. The van der Waals surface area contributed by atoms with E-state index in [1.165, 1.54) is 0 Å². The van der Waals surface area contributed by atoms with Gasteiger partial charge in [0.25, 0.3) is 0 Å². The van der Waals surface area contributed by atoms with Gasteiger partial charge >= 0.3 is 0 Å². The summed E-state index contributed by atoms with van der Waals surface area (Å²) < 4.78 is 5.25. The zero-order chi connectivity index (χ0) is 15.6. The number of amidine groups is 1. The van der Waals surface area contributed by atoms with E-state index in [-0.39, 0.29) is 5.91 Å². The molecule has 116 valence electrons. The average Bonchev–Trinajstić information content (AvgIpc) is 3.21. The molecule has 1 aromatic carbocycles. The Bertz CT molecular complexity index is 811. The zero-order valence-corrected chi connectivity index (χ0v) is 13.0. The molecule has 7 heteroatoms. The lowest BCUT2D eigenvalue weighted by Gasteiger charge is -2.15. The molecule has 1 aromatic heterocycles. The summed E-state index contributed by atoms with van der Waals surface area (Å²) in [7, 11) is 0. The minimum absolute atomic E-state index is 0.0441. The highest BCUT2D eigenvalue weighted by atomic mass is 32.2. The fourth-order valence-electron chi connectivity index (χ4n) is 2.51. The third kappa shape index (κ3) is 3.00. The van der Waals surface area contributed by atoms with Gasteiger partial charge in [-0.05, 0) is 35.4 Å². The third-order valence-corrected chi connectivity index (χ3v) is 4.57. The van der Waals surface area contributed by atoms with Crippen molar-refractivity contribution in [3.8, 4) is 0 Å². The van der Waals surface area contributed by atoms with E-state index in [0.29, 0.717) is 13.0 Å². The molecule has 1 amide bonds. The van der Waals surface area contributed by atoms with Gasteiger partial charge in [0.2, 0.25) is 5.91 Å². The quantitative estimate of drug-likeness (QED) is 0.907. The summed E-state index contributed by atoms with van der Waals surface area (Å²) in [5.74, 6) is 1.61. The number of amides is 1. The fourth-order valence-corrected chi connectivity index (χ4v) is 3.28. The lowest BCUT2D eigenvalue weighted by atomic mass is 10.1. The predicted molar refractivity (Wildman–Crippen MR) is 90.8 cm³/mol. The van der Waals surface area contributed by atoms with Gasteiger partial charge in [-0.15, -0.1) is 0 Å². The first-order valence-electron chi connectivity index (χ1n) is 7.23. The lowest BCUT2D eigenvalue weighted by molar-refractivity contribution is -0.115. The van der Waals surface area contributed by atoms with Crippen LogP contribution in [0.5, 0.6) is 0 Å². The van der Waals surface area contributed by atoms with Crippen molar-refractivity contribution >= 4 is 34.2 Å². The molecule has 4 rings (SSSR count). The normalized spacial score (nSPS) is 18.3. The Labute approximate surface area is 137 Å². The molecular formula is C16H14N4O2S. The Morgan fingerprint density at radius 1 is 1.35 bits per heavy atom. The average molecular weight is 326 g/mol. The van der Waals surface area contributed by atoms with E-state index in [1.807, 2.05) is 30.3 Å². The molecule has 0 aliphatic carbocycles. The van der Waals surface area contributed by atoms with E-state index in [4.69, 9.17) is 4.42 Å². The van der Waals surface area contributed by atoms with Gasteiger partial charge in [0.15, 0.2) is 5.17 Å². The van der Waals surface area contributed by atoms with Crippen molar-refractivity contribution in [3.63, 3.8) is 0 Å². The zero-order valence-electron chi connectivity index (χ0n) is 12.2. The van der Waals surface area contributed by atoms with Crippen LogP contribution in [-0.2, 0) is 17.8 Å². The molecule has 2 N–H and O–H groups in total. The summed E-state index contributed by atoms with van der Waals surface area (Å²) >= 11 is 1.61. The number of hydrogen-bond acceptors (Lipinski definition) is 5. The number of thioether (sulfide) groups is 1. The van der Waals surface area contributed by atoms with Gasteiger partial charge in [-0.2, -0.15) is 5.10 Å². The summed E-state index contributed by atoms with van der Waals surface area (Å²) in [6, 6.07) is 9.69. The molecule has 0 fully saturated rings. The highest BCUT2D eigenvalue weighted by molar-refractivity contribution is 8.14. The lowest BCUT2D eigenvalue weighted by Crippen LogP contribution is -2.25. The van der Waals surface area contributed by atoms with Gasteiger partial charge in [-0.25, -0.2) is 0 Å². The van der Waals surface area contributed by atoms with Crippen molar-refractivity contribution in [2.75, 3.05) is 11.1 Å². The Morgan fingerprint density at radius 3 is 3.09 bits per heavy atom. The molecule has 2 aromatic rings. The second-order valence-corrected chi connectivity index (χ2v) is 6.22. The van der Waals surface area contributed by atoms with E-state index >= 15 is 0 Å². The number of furan rings is 1. The number of rotatable bonds is 3. The topological polar surface area (TPSA) is 79.0 Å². The number of fused-ring (bicyclic) bond motifs is 1. The van der Waals surface area contributed by atoms with Crippen LogP contribution in [0.4, 0.5) is 5.69 Å². The molecule has 23 heavy (non-hydrogen) atoms. The van der Waals surface area contributed by atoms with Crippen molar-refractivity contribution in [2.24, 2.45) is 10.1 Å². The number of hydrogen-bond donors (Lipinski definition) is 2. The first-order chi connectivity index (χ1) is 11.3. The van der Waals surface area contributed by atoms with Gasteiger partial charge < -0.3 is 9.73 Å². The molecule has 2 aliphatic heterocycles. The number of nitrogens with one attached hydrogen (secondary N) is 2. The van der Waals surface area contributed by atoms with Crippen molar-refractivity contribution in [1.29, 1.82) is 0 Å². The Kier molecular flexibility index (Phi) is 3.63. The van der Waals surface area contributed by atoms with Crippen LogP contribution in [0, 0.1) is 0 Å². The standard InChI is InChI=1S/C16H14N4O2S/c21-15-7-11-6-10(3-4-13(11)18-15)14-9-23-16(20-19-14)17-8-12-2-1-5-22-12/h1-6H,7-9H2,(H,17,20)(H,18,21). The number of nitrogens with zero attached hydrogens (tertiary/aromatic N) is 2. The van der Waals surface area contributed by atoms with Crippen LogP contribution in [0.15, 0.2) is 51.1 Å². The molecule has 0 saturated carbocycles. The van der Waals surface area contributed by atoms with Crippen LogP contribution >= 0.6 is 11.8 Å². The van der Waals surface area contributed by atoms with Crippen LogP contribution in [0.2, 0.25) is 0 Å². The number of aliphatic imine (C=N–C) groups is 1. The van der Waals surface area contributed by atoms with Gasteiger partial charge in [0.05, 0.1) is 24.9 Å². The van der Waals surface area contributed by atoms with Crippen LogP contribution in [-0.4, -0.2) is 22.5 Å². The molecule has 0 radical (unpaired) electrons. The molecule has 6 nitrogen and oxygen atoms in total. The number of benzene rings is 1. The molecule has 3 heterocycles. The Hall–Kier alpha value is -2.54. The summed E-state index contributed by atoms with van der Waals surface area (Å²) in [6.07, 6.45) is 2.08. The highest BCUT2D eigenvalue weighted by Gasteiger charge is 2.20. The molecule has 0 unspecified atom stereocenters. The van der Waals surface area contributed by atoms with Crippen molar-refractivity contribution < 1.29 is 9.21 Å². The predicted octanol–water partition coefficient (Wildman–Crippen LogP) is 2.37. The molecular weight excluding hydrogens is 312 g/mol. The maximum absolute atomic E-state index is 11.4.